The molecule has 0 N–H and O–H groups in total. The van der Waals surface area contributed by atoms with Gasteiger partial charge < -0.3 is 0 Å². The van der Waals surface area contributed by atoms with Gasteiger partial charge in [0.1, 0.15) is 0 Å². The van der Waals surface area contributed by atoms with Crippen molar-refractivity contribution in [2.24, 2.45) is 0 Å². The van der Waals surface area contributed by atoms with E-state index in [4.69, 9.17) is 37.7 Å². The topological polar surface area (TPSA) is 0 Å². The molecule has 0 aliphatic rings. The Morgan fingerprint density at radius 3 is 0.800 bits per heavy atom. The molecule has 0 aromatic rings. The normalized spacial score (nSPS) is 10.7. The van der Waals surface area contributed by atoms with Gasteiger partial charge in [0, 0.05) is 0 Å². The van der Waals surface area contributed by atoms with Crippen LogP contribution in [0.4, 0.5) is 0 Å². The molecule has 0 spiro atoms. The fourth-order valence-corrected chi connectivity index (χ4v) is 1.22. The van der Waals surface area contributed by atoms with Crippen LogP contribution in [0.15, 0.2) is 0 Å². The summed E-state index contributed by atoms with van der Waals surface area (Å²) in [5.41, 5.74) is 0. The van der Waals surface area contributed by atoms with E-state index >= 15 is 0 Å². The van der Waals surface area contributed by atoms with Crippen LogP contribution in [0.1, 0.15) is 27.7 Å². The van der Waals surface area contributed by atoms with E-state index in [2.05, 4.69) is 27.7 Å². The van der Waals surface area contributed by atoms with E-state index in [0.717, 1.165) is 0 Å². The van der Waals surface area contributed by atoms with Gasteiger partial charge in [-0.05, 0) is 23.0 Å². The number of halogens is 4. The molecule has 0 fully saturated rings. The van der Waals surface area contributed by atoms with E-state index in [1.807, 2.05) is 23.5 Å². The molecule has 0 aliphatic carbocycles. The quantitative estimate of drug-likeness (QED) is 0.441. The summed E-state index contributed by atoms with van der Waals surface area (Å²) in [6.45, 7) is 8.70. The van der Waals surface area contributed by atoms with Crippen molar-refractivity contribution in [3.63, 3.8) is 0 Å². The molecular weight excluding hydrogens is 486 g/mol. The third kappa shape index (κ3) is 81.7. The van der Waals surface area contributed by atoms with E-state index in [1.165, 1.54) is 23.0 Å². The second-order valence-electron chi connectivity index (χ2n) is 1.91. The van der Waals surface area contributed by atoms with Crippen LogP contribution in [0.3, 0.4) is 0 Å². The van der Waals surface area contributed by atoms with Gasteiger partial charge in [0.25, 0.3) is 0 Å². The molecule has 0 aromatic carbocycles. The minimum absolute atomic E-state index is 1.26. The van der Waals surface area contributed by atoms with Gasteiger partial charge in [-0.15, -0.1) is 0 Å². The molecule has 0 rings (SSSR count). The Bertz CT molecular complexity index is 85.1. The predicted molar refractivity (Wildman–Crippen MR) is 80.8 cm³/mol. The third-order valence-electron chi connectivity index (χ3n) is 0.816. The zero-order valence-electron chi connectivity index (χ0n) is 9.57. The molecule has 0 heterocycles. The first-order valence-electron chi connectivity index (χ1n) is 4.60. The summed E-state index contributed by atoms with van der Waals surface area (Å²) in [7, 11) is 20.1. The molecule has 0 saturated heterocycles. The van der Waals surface area contributed by atoms with Crippen LogP contribution in [-0.2, 0) is 11.9 Å². The fraction of sp³-hybridized carbons (Fsp3) is 1.00. The molecule has 98 valence electrons. The van der Waals surface area contributed by atoms with E-state index in [0.29, 0.717) is 0 Å². The Kier molecular flexibility index (Phi) is 28.6. The van der Waals surface area contributed by atoms with Gasteiger partial charge in [-0.3, -0.25) is 0 Å². The number of hydrogen-bond donors (Lipinski definition) is 0. The molecule has 0 atom stereocenters. The van der Waals surface area contributed by atoms with Crippen molar-refractivity contribution in [2.45, 2.75) is 27.7 Å². The summed E-state index contributed by atoms with van der Waals surface area (Å²) in [5.74, 6) is 5.04. The zero-order valence-corrected chi connectivity index (χ0v) is 17.2. The van der Waals surface area contributed by atoms with Crippen molar-refractivity contribution >= 4 is 61.2 Å². The van der Waals surface area contributed by atoms with Crippen LogP contribution in [-0.4, -0.2) is 23.0 Å². The van der Waals surface area contributed by atoms with Gasteiger partial charge in [0.05, 0.1) is 0 Å². The Labute approximate surface area is 122 Å². The van der Waals surface area contributed by atoms with Crippen molar-refractivity contribution < 1.29 is 11.9 Å². The SMILES string of the molecule is CCSCC.CCSCC.[Cl][W]([Cl])([Cl])[Cl]. The maximum absolute atomic E-state index is 5.03. The second kappa shape index (κ2) is 18.9. The van der Waals surface area contributed by atoms with Gasteiger partial charge in [-0.2, -0.15) is 23.5 Å². The Hall–Kier alpha value is 2.55. The van der Waals surface area contributed by atoms with Crippen LogP contribution in [0.2, 0.25) is 0 Å². The third-order valence-corrected chi connectivity index (χ3v) is 2.45. The molecular formula is C8H20Cl4S2W. The molecule has 0 unspecified atom stereocenters. The number of thioether (sulfide) groups is 2. The van der Waals surface area contributed by atoms with Crippen molar-refractivity contribution in [1.29, 1.82) is 0 Å². The standard InChI is InChI=1S/2C4H10S.4ClH.W/c2*1-3-5-4-2;;;;;/h2*3-4H2,1-2H3;4*1H;/q;;;;;;+4/p-4. The summed E-state index contributed by atoms with van der Waals surface area (Å²) in [6, 6.07) is 0. The Balaban J connectivity index is -0.000000144. The van der Waals surface area contributed by atoms with Crippen molar-refractivity contribution in [3.8, 4) is 0 Å². The molecule has 0 aromatic heterocycles. The van der Waals surface area contributed by atoms with Crippen LogP contribution < -0.4 is 0 Å². The van der Waals surface area contributed by atoms with Crippen molar-refractivity contribution in [1.82, 2.24) is 0 Å². The second-order valence-corrected chi connectivity index (χ2v) is 30.5. The molecule has 15 heavy (non-hydrogen) atoms. The van der Waals surface area contributed by atoms with Crippen LogP contribution in [0, 0.1) is 0 Å². The van der Waals surface area contributed by atoms with Crippen LogP contribution in [0.5, 0.6) is 0 Å². The molecule has 0 aliphatic heterocycles. The van der Waals surface area contributed by atoms with E-state index in [-0.39, 0.29) is 0 Å². The first-order valence-corrected chi connectivity index (χ1v) is 21.4. The Morgan fingerprint density at radius 2 is 0.800 bits per heavy atom. The molecule has 0 bridgehead atoms. The van der Waals surface area contributed by atoms with Crippen LogP contribution >= 0.6 is 61.2 Å². The number of hydrogen-bond acceptors (Lipinski definition) is 2. The Morgan fingerprint density at radius 1 is 0.667 bits per heavy atom. The monoisotopic (exact) mass is 504 g/mol. The summed E-state index contributed by atoms with van der Waals surface area (Å²) >= 11 is 0.648. The van der Waals surface area contributed by atoms with E-state index < -0.39 is 11.9 Å². The molecule has 0 amide bonds. The number of rotatable bonds is 4. The van der Waals surface area contributed by atoms with Gasteiger partial charge in [-0.1, -0.05) is 27.7 Å². The fourth-order valence-electron chi connectivity index (χ4n) is 0.408. The van der Waals surface area contributed by atoms with Crippen molar-refractivity contribution in [3.05, 3.63) is 0 Å². The first-order chi connectivity index (χ1) is 6.83. The van der Waals surface area contributed by atoms with Gasteiger partial charge in [0.15, 0.2) is 0 Å². The molecule has 0 saturated carbocycles. The first kappa shape index (κ1) is 22.7. The minimum atomic E-state index is -3.28. The average molecular weight is 506 g/mol. The van der Waals surface area contributed by atoms with E-state index in [9.17, 15) is 0 Å². The average Bonchev–Trinajstić information content (AvgIpc) is 2.05. The van der Waals surface area contributed by atoms with Gasteiger partial charge in [0.2, 0.25) is 0 Å². The van der Waals surface area contributed by atoms with E-state index in [1.54, 1.807) is 0 Å². The van der Waals surface area contributed by atoms with Gasteiger partial charge in [-0.25, -0.2) is 0 Å². The van der Waals surface area contributed by atoms with Crippen molar-refractivity contribution in [2.75, 3.05) is 23.0 Å². The summed E-state index contributed by atoms with van der Waals surface area (Å²) in [6.07, 6.45) is 0. The summed E-state index contributed by atoms with van der Waals surface area (Å²) in [4.78, 5) is 0. The zero-order chi connectivity index (χ0) is 12.7. The summed E-state index contributed by atoms with van der Waals surface area (Å²) < 4.78 is 0. The molecule has 7 heteroatoms. The van der Waals surface area contributed by atoms with Crippen LogP contribution in [0.25, 0.3) is 0 Å². The molecule has 0 radical (unpaired) electrons. The van der Waals surface area contributed by atoms with Gasteiger partial charge >= 0.3 is 49.6 Å². The maximum atomic E-state index is 5.03. The molecule has 0 nitrogen and oxygen atoms in total. The predicted octanol–water partition coefficient (Wildman–Crippen LogP) is 6.27. The summed E-state index contributed by atoms with van der Waals surface area (Å²) in [5, 5.41) is 0.